The standard InChI is InChI=1S/C12H11F3N2O/c13-12(14,15)11-6-7-17(16-11)8-10(18)9-4-2-1-3-5-9/h1-7,10,18H,8H2. The molecular formula is C12H11F3N2O. The van der Waals surface area contributed by atoms with Crippen molar-refractivity contribution >= 4 is 0 Å². The Morgan fingerprint density at radius 1 is 1.17 bits per heavy atom. The second kappa shape index (κ2) is 4.81. The third kappa shape index (κ3) is 2.89. The molecule has 1 heterocycles. The molecule has 0 fully saturated rings. The van der Waals surface area contributed by atoms with Gasteiger partial charge in [0.1, 0.15) is 0 Å². The molecule has 1 unspecified atom stereocenters. The lowest BCUT2D eigenvalue weighted by Crippen LogP contribution is -2.12. The van der Waals surface area contributed by atoms with Crippen LogP contribution in [0, 0.1) is 0 Å². The van der Waals surface area contributed by atoms with Gasteiger partial charge in [-0.1, -0.05) is 30.3 Å². The number of rotatable bonds is 3. The van der Waals surface area contributed by atoms with E-state index in [1.807, 2.05) is 0 Å². The lowest BCUT2D eigenvalue weighted by Gasteiger charge is -2.10. The number of aromatic nitrogens is 2. The molecule has 3 nitrogen and oxygen atoms in total. The minimum absolute atomic E-state index is 0.0138. The highest BCUT2D eigenvalue weighted by molar-refractivity contribution is 5.17. The van der Waals surface area contributed by atoms with Gasteiger partial charge in [-0.2, -0.15) is 18.3 Å². The van der Waals surface area contributed by atoms with E-state index in [-0.39, 0.29) is 6.54 Å². The topological polar surface area (TPSA) is 38.0 Å². The molecule has 0 aliphatic rings. The maximum absolute atomic E-state index is 12.3. The molecule has 6 heteroatoms. The third-order valence-electron chi connectivity index (χ3n) is 2.48. The maximum Gasteiger partial charge on any atom is 0.435 e. The Hall–Kier alpha value is -1.82. The van der Waals surface area contributed by atoms with E-state index in [9.17, 15) is 18.3 Å². The summed E-state index contributed by atoms with van der Waals surface area (Å²) in [6, 6.07) is 9.60. The van der Waals surface area contributed by atoms with Gasteiger partial charge in [-0.05, 0) is 11.6 Å². The van der Waals surface area contributed by atoms with Gasteiger partial charge >= 0.3 is 6.18 Å². The van der Waals surface area contributed by atoms with Crippen LogP contribution in [0.4, 0.5) is 13.2 Å². The minimum atomic E-state index is -4.46. The van der Waals surface area contributed by atoms with Crippen LogP contribution in [-0.2, 0) is 12.7 Å². The molecule has 0 aliphatic carbocycles. The smallest absolute Gasteiger partial charge is 0.386 e. The predicted molar refractivity (Wildman–Crippen MR) is 58.6 cm³/mol. The number of nitrogens with zero attached hydrogens (tertiary/aromatic N) is 2. The summed E-state index contributed by atoms with van der Waals surface area (Å²) in [7, 11) is 0. The van der Waals surface area contributed by atoms with Gasteiger partial charge in [-0.15, -0.1) is 0 Å². The van der Waals surface area contributed by atoms with Crippen molar-refractivity contribution in [1.82, 2.24) is 9.78 Å². The van der Waals surface area contributed by atoms with Gasteiger partial charge in [0, 0.05) is 6.20 Å². The fourth-order valence-corrected chi connectivity index (χ4v) is 1.57. The van der Waals surface area contributed by atoms with Crippen molar-refractivity contribution in [3.63, 3.8) is 0 Å². The van der Waals surface area contributed by atoms with Gasteiger partial charge in [0.05, 0.1) is 12.6 Å². The van der Waals surface area contributed by atoms with Crippen molar-refractivity contribution in [2.45, 2.75) is 18.8 Å². The molecule has 18 heavy (non-hydrogen) atoms. The van der Waals surface area contributed by atoms with E-state index >= 15 is 0 Å². The lowest BCUT2D eigenvalue weighted by molar-refractivity contribution is -0.141. The van der Waals surface area contributed by atoms with Crippen molar-refractivity contribution in [3.05, 3.63) is 53.9 Å². The molecule has 96 valence electrons. The van der Waals surface area contributed by atoms with Crippen LogP contribution in [0.2, 0.25) is 0 Å². The maximum atomic E-state index is 12.3. The zero-order chi connectivity index (χ0) is 13.2. The molecule has 2 rings (SSSR count). The molecule has 1 atom stereocenters. The SMILES string of the molecule is OC(Cn1ccc(C(F)(F)F)n1)c1ccccc1. The Balaban J connectivity index is 2.08. The molecule has 0 radical (unpaired) electrons. The van der Waals surface area contributed by atoms with Crippen LogP contribution in [0.3, 0.4) is 0 Å². The first kappa shape index (κ1) is 12.6. The quantitative estimate of drug-likeness (QED) is 0.916. The van der Waals surface area contributed by atoms with Crippen LogP contribution in [0.15, 0.2) is 42.6 Å². The van der Waals surface area contributed by atoms with Crippen molar-refractivity contribution in [2.24, 2.45) is 0 Å². The van der Waals surface area contributed by atoms with Crippen LogP contribution in [0.1, 0.15) is 17.4 Å². The monoisotopic (exact) mass is 256 g/mol. The molecule has 1 N–H and O–H groups in total. The average molecular weight is 256 g/mol. The summed E-state index contributed by atoms with van der Waals surface area (Å²) in [5.41, 5.74) is -0.315. The van der Waals surface area contributed by atoms with Crippen LogP contribution in [0.25, 0.3) is 0 Å². The van der Waals surface area contributed by atoms with Gasteiger partial charge < -0.3 is 5.11 Å². The fraction of sp³-hybridized carbons (Fsp3) is 0.250. The summed E-state index contributed by atoms with van der Waals surface area (Å²) in [6.45, 7) is -0.0138. The zero-order valence-corrected chi connectivity index (χ0v) is 9.30. The molecule has 1 aromatic carbocycles. The Morgan fingerprint density at radius 3 is 2.39 bits per heavy atom. The number of hydrogen-bond acceptors (Lipinski definition) is 2. The van der Waals surface area contributed by atoms with E-state index in [2.05, 4.69) is 5.10 Å². The molecule has 0 saturated carbocycles. The molecule has 0 amide bonds. The Morgan fingerprint density at radius 2 is 1.83 bits per heavy atom. The molecule has 0 aliphatic heterocycles. The molecule has 0 spiro atoms. The second-order valence-corrected chi connectivity index (χ2v) is 3.85. The lowest BCUT2D eigenvalue weighted by atomic mass is 10.1. The van der Waals surface area contributed by atoms with Crippen molar-refractivity contribution in [1.29, 1.82) is 0 Å². The third-order valence-corrected chi connectivity index (χ3v) is 2.48. The Kier molecular flexibility index (Phi) is 3.38. The summed E-state index contributed by atoms with van der Waals surface area (Å²) in [4.78, 5) is 0. The average Bonchev–Trinajstić information content (AvgIpc) is 2.78. The van der Waals surface area contributed by atoms with Crippen molar-refractivity contribution in [2.75, 3.05) is 0 Å². The van der Waals surface area contributed by atoms with E-state index in [1.165, 1.54) is 6.20 Å². The normalized spacial score (nSPS) is 13.6. The van der Waals surface area contributed by atoms with Gasteiger partial charge in [-0.3, -0.25) is 4.68 Å². The Labute approximate surface area is 101 Å². The van der Waals surface area contributed by atoms with Crippen molar-refractivity contribution < 1.29 is 18.3 Å². The summed E-state index contributed by atoms with van der Waals surface area (Å²) in [6.07, 6.45) is -4.13. The summed E-state index contributed by atoms with van der Waals surface area (Å²) < 4.78 is 38.1. The largest absolute Gasteiger partial charge is 0.435 e. The highest BCUT2D eigenvalue weighted by Crippen LogP contribution is 2.27. The summed E-state index contributed by atoms with van der Waals surface area (Å²) in [5.74, 6) is 0. The fourth-order valence-electron chi connectivity index (χ4n) is 1.57. The highest BCUT2D eigenvalue weighted by atomic mass is 19.4. The van der Waals surface area contributed by atoms with Crippen molar-refractivity contribution in [3.8, 4) is 0 Å². The number of aliphatic hydroxyl groups is 1. The molecule has 2 aromatic rings. The summed E-state index contributed by atoms with van der Waals surface area (Å²) >= 11 is 0. The van der Waals surface area contributed by atoms with Crippen LogP contribution in [-0.4, -0.2) is 14.9 Å². The first-order valence-corrected chi connectivity index (χ1v) is 5.30. The van der Waals surface area contributed by atoms with Gasteiger partial charge in [0.15, 0.2) is 5.69 Å². The zero-order valence-electron chi connectivity index (χ0n) is 9.30. The molecule has 0 bridgehead atoms. The van der Waals surface area contributed by atoms with Crippen LogP contribution >= 0.6 is 0 Å². The van der Waals surface area contributed by atoms with Gasteiger partial charge in [-0.25, -0.2) is 0 Å². The van der Waals surface area contributed by atoms with E-state index < -0.39 is 18.0 Å². The first-order chi connectivity index (χ1) is 8.47. The Bertz CT molecular complexity index is 508. The second-order valence-electron chi connectivity index (χ2n) is 3.85. The van der Waals surface area contributed by atoms with E-state index in [4.69, 9.17) is 0 Å². The van der Waals surface area contributed by atoms with E-state index in [1.54, 1.807) is 30.3 Å². The van der Waals surface area contributed by atoms with Gasteiger partial charge in [0.25, 0.3) is 0 Å². The minimum Gasteiger partial charge on any atom is -0.386 e. The predicted octanol–water partition coefficient (Wildman–Crippen LogP) is 2.64. The van der Waals surface area contributed by atoms with E-state index in [0.29, 0.717) is 5.56 Å². The van der Waals surface area contributed by atoms with Gasteiger partial charge in [0.2, 0.25) is 0 Å². The molecule has 0 saturated heterocycles. The summed E-state index contributed by atoms with van der Waals surface area (Å²) in [5, 5.41) is 13.2. The molecular weight excluding hydrogens is 245 g/mol. The van der Waals surface area contributed by atoms with Crippen LogP contribution < -0.4 is 0 Å². The van der Waals surface area contributed by atoms with Crippen LogP contribution in [0.5, 0.6) is 0 Å². The number of aliphatic hydroxyl groups excluding tert-OH is 1. The number of halogens is 3. The highest BCUT2D eigenvalue weighted by Gasteiger charge is 2.33. The molecule has 1 aromatic heterocycles. The number of hydrogen-bond donors (Lipinski definition) is 1. The van der Waals surface area contributed by atoms with E-state index in [0.717, 1.165) is 10.7 Å². The number of alkyl halides is 3. The number of benzene rings is 1. The first-order valence-electron chi connectivity index (χ1n) is 5.30.